The van der Waals surface area contributed by atoms with E-state index in [9.17, 15) is 35.0 Å². The van der Waals surface area contributed by atoms with Gasteiger partial charge in [0.05, 0.1) is 42.4 Å². The molecular formula is C44H30N4O8S4. The molecule has 3 aromatic heterocycles. The average Bonchev–Trinajstić information content (AvgIpc) is 4.10. The molecule has 9 rings (SSSR count). The molecule has 7 aromatic rings. The Morgan fingerprint density at radius 2 is 0.517 bits per heavy atom. The number of benzene rings is 4. The first-order valence-electron chi connectivity index (χ1n) is 18.0. The molecular weight excluding hydrogens is 841 g/mol. The first-order chi connectivity index (χ1) is 29.0. The second-order valence-corrected chi connectivity index (χ2v) is 17.5. The molecule has 0 saturated carbocycles. The monoisotopic (exact) mass is 870 g/mol. The van der Waals surface area contributed by atoms with Crippen molar-refractivity contribution in [3.63, 3.8) is 0 Å². The van der Waals surface area contributed by atoms with Gasteiger partial charge in [0.15, 0.2) is 44.3 Å². The molecule has 4 unspecified atom stereocenters. The molecule has 5 heterocycles. The van der Waals surface area contributed by atoms with Crippen molar-refractivity contribution in [2.24, 2.45) is 0 Å². The molecule has 16 heteroatoms. The molecule has 2 aliphatic heterocycles. The highest BCUT2D eigenvalue weighted by atomic mass is 32.2. The van der Waals surface area contributed by atoms with Gasteiger partial charge in [-0.2, -0.15) is 0 Å². The van der Waals surface area contributed by atoms with Gasteiger partial charge in [0.1, 0.15) is 0 Å². The molecule has 12 nitrogen and oxygen atoms in total. The minimum absolute atomic E-state index is 0.234. The molecule has 4 atom stereocenters. The summed E-state index contributed by atoms with van der Waals surface area (Å²) in [5.41, 5.74) is 10.6. The second kappa shape index (κ2) is 16.2. The van der Waals surface area contributed by atoms with E-state index in [1.54, 1.807) is 97.1 Å². The zero-order valence-electron chi connectivity index (χ0n) is 30.8. The molecule has 0 spiro atoms. The van der Waals surface area contributed by atoms with E-state index >= 15 is 0 Å². The van der Waals surface area contributed by atoms with Crippen LogP contribution >= 0.6 is 0 Å². The topological polar surface area (TPSA) is 207 Å². The van der Waals surface area contributed by atoms with Crippen molar-refractivity contribution < 1.29 is 35.0 Å². The maximum atomic E-state index is 11.9. The molecule has 4 aromatic carbocycles. The van der Waals surface area contributed by atoms with Crippen LogP contribution < -0.4 is 0 Å². The van der Waals surface area contributed by atoms with Gasteiger partial charge in [0, 0.05) is 44.3 Å². The van der Waals surface area contributed by atoms with Crippen molar-refractivity contribution in [3.8, 4) is 44.5 Å². The summed E-state index contributed by atoms with van der Waals surface area (Å²) in [5, 5.41) is 0. The lowest BCUT2D eigenvalue weighted by atomic mass is 10.0. The largest absolute Gasteiger partial charge is 0.354 e. The van der Waals surface area contributed by atoms with E-state index in [0.717, 1.165) is 0 Å². The predicted molar refractivity (Wildman–Crippen MR) is 237 cm³/mol. The van der Waals surface area contributed by atoms with E-state index in [1.165, 1.54) is 0 Å². The van der Waals surface area contributed by atoms with Crippen molar-refractivity contribution in [3.05, 3.63) is 144 Å². The Hall–Kier alpha value is -6.08. The predicted octanol–water partition coefficient (Wildman–Crippen LogP) is 9.65. The van der Waals surface area contributed by atoms with E-state index in [1.807, 2.05) is 48.6 Å². The summed E-state index contributed by atoms with van der Waals surface area (Å²) >= 11 is -8.76. The fourth-order valence-electron chi connectivity index (χ4n) is 7.37. The van der Waals surface area contributed by atoms with Crippen LogP contribution in [0.15, 0.2) is 141 Å². The van der Waals surface area contributed by atoms with E-state index in [0.29, 0.717) is 89.4 Å². The van der Waals surface area contributed by atoms with E-state index < -0.39 is 44.3 Å². The number of aromatic nitrogens is 4. The highest BCUT2D eigenvalue weighted by Gasteiger charge is 2.20. The van der Waals surface area contributed by atoms with Gasteiger partial charge in [0.25, 0.3) is 0 Å². The summed E-state index contributed by atoms with van der Waals surface area (Å²) in [7, 11) is 0. The third-order valence-electron chi connectivity index (χ3n) is 10.1. The maximum Gasteiger partial charge on any atom is 0.186 e. The van der Waals surface area contributed by atoms with Crippen molar-refractivity contribution in [2.45, 2.75) is 19.6 Å². The van der Waals surface area contributed by atoms with Crippen molar-refractivity contribution in [1.82, 2.24) is 19.9 Å². The number of nitrogens with zero attached hydrogens (tertiary/aromatic N) is 2. The van der Waals surface area contributed by atoms with Crippen LogP contribution in [-0.4, -0.2) is 55.0 Å². The average molecular weight is 871 g/mol. The smallest absolute Gasteiger partial charge is 0.186 e. The number of aromatic amines is 2. The minimum Gasteiger partial charge on any atom is -0.354 e. The fraction of sp³-hybridized carbons (Fsp3) is 0. The summed E-state index contributed by atoms with van der Waals surface area (Å²) in [4.78, 5) is 18.5. The Bertz CT molecular complexity index is 2770. The zero-order valence-corrected chi connectivity index (χ0v) is 34.1. The number of rotatable bonds is 8. The summed E-state index contributed by atoms with van der Waals surface area (Å²) in [6.45, 7) is 0. The zero-order chi connectivity index (χ0) is 41.7. The second-order valence-electron chi connectivity index (χ2n) is 13.6. The van der Waals surface area contributed by atoms with Crippen LogP contribution in [0.5, 0.6) is 0 Å². The highest BCUT2D eigenvalue weighted by molar-refractivity contribution is 7.80. The molecule has 0 aliphatic carbocycles. The molecule has 6 N–H and O–H groups in total. The minimum atomic E-state index is -2.19. The lowest BCUT2D eigenvalue weighted by Gasteiger charge is -2.08. The van der Waals surface area contributed by atoms with Crippen LogP contribution in [-0.2, 0) is 44.3 Å². The molecule has 0 radical (unpaired) electrons. The first kappa shape index (κ1) is 39.4. The van der Waals surface area contributed by atoms with Crippen molar-refractivity contribution >= 4 is 90.7 Å². The lowest BCUT2D eigenvalue weighted by Crippen LogP contribution is -1.92. The van der Waals surface area contributed by atoms with Crippen LogP contribution in [0.1, 0.15) is 22.8 Å². The Kier molecular flexibility index (Phi) is 10.6. The SMILES string of the molecule is O=S(O)c1ccc(-c2c3nc(c(-c4ccc(S(=O)O)cc4)c4ccc([nH]4)c(-c4ccc(S(=O)O)cc4)c4nc(c(-c5ccc(S(=O)O)cc5)c5ccc2[nH]5)C=C4)C=C3)cc1. The van der Waals surface area contributed by atoms with Gasteiger partial charge >= 0.3 is 0 Å². The molecule has 0 fully saturated rings. The van der Waals surface area contributed by atoms with E-state index in [4.69, 9.17) is 9.97 Å². The summed E-state index contributed by atoms with van der Waals surface area (Å²) in [5.74, 6) is 0. The molecule has 298 valence electrons. The Morgan fingerprint density at radius 1 is 0.317 bits per heavy atom. The van der Waals surface area contributed by atoms with E-state index in [2.05, 4.69) is 9.97 Å². The van der Waals surface area contributed by atoms with Gasteiger partial charge in [-0.05, 0) is 119 Å². The van der Waals surface area contributed by atoms with Crippen LogP contribution in [0, 0.1) is 0 Å². The fourth-order valence-corrected chi connectivity index (χ4v) is 8.85. The Labute approximate surface area is 352 Å². The standard InChI is InChI=1S/C44H30N4O8S4/c49-57(50)29-9-1-25(2-10-29)41-33-17-19-35(45-33)42(26-3-11-30(12-4-26)58(51)52)37-21-23-39(47-37)44(28-7-15-32(16-8-28)60(55)56)40-24-22-38(48-40)43(36-20-18-34(41)46-36)27-5-13-31(14-6-27)59(53)54/h1-24,45,48H,(H,49,50)(H,51,52)(H,53,54)(H,55,56). The van der Waals surface area contributed by atoms with Crippen LogP contribution in [0.4, 0.5) is 0 Å². The first-order valence-corrected chi connectivity index (χ1v) is 22.5. The van der Waals surface area contributed by atoms with Gasteiger partial charge in [-0.25, -0.2) is 26.8 Å². The van der Waals surface area contributed by atoms with Gasteiger partial charge in [-0.15, -0.1) is 0 Å². The number of fused-ring (bicyclic) bond motifs is 8. The van der Waals surface area contributed by atoms with Gasteiger partial charge in [-0.1, -0.05) is 48.5 Å². The van der Waals surface area contributed by atoms with Crippen LogP contribution in [0.2, 0.25) is 0 Å². The summed E-state index contributed by atoms with van der Waals surface area (Å²) < 4.78 is 86.9. The third kappa shape index (κ3) is 7.51. The Balaban J connectivity index is 1.43. The van der Waals surface area contributed by atoms with Crippen LogP contribution in [0.25, 0.3) is 90.9 Å². The molecule has 0 saturated heterocycles. The molecule has 0 amide bonds. The highest BCUT2D eigenvalue weighted by Crippen LogP contribution is 2.39. The molecule has 60 heavy (non-hydrogen) atoms. The summed E-state index contributed by atoms with van der Waals surface area (Å²) in [6, 6.07) is 34.4. The van der Waals surface area contributed by atoms with Crippen molar-refractivity contribution in [2.75, 3.05) is 0 Å². The van der Waals surface area contributed by atoms with Crippen LogP contribution in [0.3, 0.4) is 0 Å². The number of hydrogen-bond donors (Lipinski definition) is 6. The van der Waals surface area contributed by atoms with Crippen molar-refractivity contribution in [1.29, 1.82) is 0 Å². The third-order valence-corrected chi connectivity index (χ3v) is 12.8. The molecule has 8 bridgehead atoms. The summed E-state index contributed by atoms with van der Waals surface area (Å²) in [6.07, 6.45) is 7.54. The van der Waals surface area contributed by atoms with E-state index in [-0.39, 0.29) is 19.6 Å². The lowest BCUT2D eigenvalue weighted by molar-refractivity contribution is 0.563. The number of nitrogens with one attached hydrogen (secondary N) is 2. The van der Waals surface area contributed by atoms with Gasteiger partial charge < -0.3 is 28.2 Å². The normalized spacial score (nSPS) is 14.2. The number of H-pyrrole nitrogens is 2. The quantitative estimate of drug-likeness (QED) is 0.0797. The Morgan fingerprint density at radius 3 is 0.700 bits per heavy atom. The van der Waals surface area contributed by atoms with Gasteiger partial charge in [-0.3, -0.25) is 0 Å². The molecule has 2 aliphatic rings. The maximum absolute atomic E-state index is 11.9. The number of hydrogen-bond acceptors (Lipinski definition) is 6. The van der Waals surface area contributed by atoms with Gasteiger partial charge in [0.2, 0.25) is 0 Å².